The molecule has 30 heavy (non-hydrogen) atoms. The lowest BCUT2D eigenvalue weighted by atomic mass is 10.0. The SMILES string of the molecule is CCc1cccc(CC)c1NC(=S)C(=C(O)c1ccc(C)c(C)c1)[n+]1ccccc1. The maximum Gasteiger partial charge on any atom is 0.288 e. The summed E-state index contributed by atoms with van der Waals surface area (Å²) in [5.74, 6) is 0.152. The van der Waals surface area contributed by atoms with Gasteiger partial charge in [-0.2, -0.15) is 4.57 Å². The van der Waals surface area contributed by atoms with Gasteiger partial charge in [-0.15, -0.1) is 0 Å². The molecule has 0 saturated heterocycles. The van der Waals surface area contributed by atoms with Crippen LogP contribution in [0, 0.1) is 13.8 Å². The number of aliphatic hydroxyl groups is 1. The predicted molar refractivity (Wildman–Crippen MR) is 130 cm³/mol. The Morgan fingerprint density at radius 1 is 0.900 bits per heavy atom. The quantitative estimate of drug-likeness (QED) is 0.222. The van der Waals surface area contributed by atoms with Gasteiger partial charge in [0.2, 0.25) is 0 Å². The zero-order valence-electron chi connectivity index (χ0n) is 18.1. The lowest BCUT2D eigenvalue weighted by molar-refractivity contribution is -0.575. The Morgan fingerprint density at radius 3 is 2.10 bits per heavy atom. The molecular formula is C26H29N2OS+. The van der Waals surface area contributed by atoms with Crippen molar-refractivity contribution in [3.05, 3.63) is 94.8 Å². The highest BCUT2D eigenvalue weighted by atomic mass is 32.1. The highest BCUT2D eigenvalue weighted by Gasteiger charge is 2.25. The number of nitrogens with zero attached hydrogens (tertiary/aromatic N) is 1. The summed E-state index contributed by atoms with van der Waals surface area (Å²) >= 11 is 5.84. The predicted octanol–water partition coefficient (Wildman–Crippen LogP) is 6.04. The summed E-state index contributed by atoms with van der Waals surface area (Å²) in [6.07, 6.45) is 5.60. The molecule has 0 bridgehead atoms. The molecule has 2 N–H and O–H groups in total. The topological polar surface area (TPSA) is 36.1 Å². The molecule has 3 rings (SSSR count). The van der Waals surface area contributed by atoms with Gasteiger partial charge in [0.05, 0.1) is 0 Å². The van der Waals surface area contributed by atoms with E-state index >= 15 is 0 Å². The number of benzene rings is 2. The van der Waals surface area contributed by atoms with Crippen molar-refractivity contribution in [3.8, 4) is 0 Å². The fraction of sp³-hybridized carbons (Fsp3) is 0.231. The van der Waals surface area contributed by atoms with Crippen LogP contribution >= 0.6 is 12.2 Å². The molecule has 0 spiro atoms. The van der Waals surface area contributed by atoms with Crippen LogP contribution in [0.4, 0.5) is 5.69 Å². The van der Waals surface area contributed by atoms with E-state index in [-0.39, 0.29) is 5.76 Å². The molecule has 3 aromatic rings. The molecular weight excluding hydrogens is 388 g/mol. The van der Waals surface area contributed by atoms with Crippen molar-refractivity contribution in [1.29, 1.82) is 0 Å². The monoisotopic (exact) mass is 417 g/mol. The van der Waals surface area contributed by atoms with Crippen molar-refractivity contribution in [2.75, 3.05) is 5.32 Å². The van der Waals surface area contributed by atoms with Gasteiger partial charge in [-0.05, 0) is 55.0 Å². The molecule has 0 aliphatic rings. The molecule has 154 valence electrons. The normalized spacial score (nSPS) is 11.7. The van der Waals surface area contributed by atoms with Gasteiger partial charge < -0.3 is 10.4 Å². The number of nitrogens with one attached hydrogen (secondary N) is 1. The Kier molecular flexibility index (Phi) is 7.01. The van der Waals surface area contributed by atoms with Gasteiger partial charge in [-0.1, -0.05) is 62.5 Å². The van der Waals surface area contributed by atoms with Crippen molar-refractivity contribution < 1.29 is 9.67 Å². The average Bonchev–Trinajstić information content (AvgIpc) is 2.76. The summed E-state index contributed by atoms with van der Waals surface area (Å²) in [4.78, 5) is 0.484. The summed E-state index contributed by atoms with van der Waals surface area (Å²) in [7, 11) is 0. The zero-order valence-corrected chi connectivity index (χ0v) is 18.9. The first-order chi connectivity index (χ1) is 14.5. The summed E-state index contributed by atoms with van der Waals surface area (Å²) in [5, 5.41) is 14.7. The molecule has 0 unspecified atom stereocenters. The van der Waals surface area contributed by atoms with Crippen molar-refractivity contribution >= 4 is 34.3 Å². The van der Waals surface area contributed by atoms with Crippen molar-refractivity contribution in [3.63, 3.8) is 0 Å². The largest absolute Gasteiger partial charge is 0.502 e. The second kappa shape index (κ2) is 9.68. The van der Waals surface area contributed by atoms with Crippen LogP contribution in [0.3, 0.4) is 0 Å². The highest BCUT2D eigenvalue weighted by Crippen LogP contribution is 2.26. The summed E-state index contributed by atoms with van der Waals surface area (Å²) in [6.45, 7) is 8.38. The summed E-state index contributed by atoms with van der Waals surface area (Å²) in [5.41, 5.74) is 7.06. The molecule has 0 aliphatic carbocycles. The van der Waals surface area contributed by atoms with Crippen LogP contribution in [0.1, 0.15) is 41.7 Å². The third kappa shape index (κ3) is 4.60. The third-order valence-electron chi connectivity index (χ3n) is 5.43. The van der Waals surface area contributed by atoms with E-state index in [0.717, 1.165) is 29.7 Å². The van der Waals surface area contributed by atoms with Gasteiger partial charge in [0.25, 0.3) is 5.70 Å². The molecule has 0 amide bonds. The second-order valence-corrected chi connectivity index (χ2v) is 7.80. The number of pyridine rings is 1. The fourth-order valence-electron chi connectivity index (χ4n) is 3.50. The lowest BCUT2D eigenvalue weighted by Gasteiger charge is -2.16. The van der Waals surface area contributed by atoms with E-state index in [1.165, 1.54) is 16.7 Å². The molecule has 2 aromatic carbocycles. The Balaban J connectivity index is 2.13. The number of aromatic nitrogens is 1. The van der Waals surface area contributed by atoms with E-state index in [0.29, 0.717) is 10.7 Å². The van der Waals surface area contributed by atoms with E-state index in [2.05, 4.69) is 44.3 Å². The Bertz CT molecular complexity index is 1070. The number of thiocarbonyl (C=S) groups is 1. The van der Waals surface area contributed by atoms with Crippen LogP contribution < -0.4 is 9.88 Å². The first-order valence-electron chi connectivity index (χ1n) is 10.4. The third-order valence-corrected chi connectivity index (χ3v) is 5.73. The molecule has 4 heteroatoms. The Hall–Kier alpha value is -2.98. The molecule has 0 aliphatic heterocycles. The summed E-state index contributed by atoms with van der Waals surface area (Å²) in [6, 6.07) is 18.1. The highest BCUT2D eigenvalue weighted by molar-refractivity contribution is 7.81. The minimum Gasteiger partial charge on any atom is -0.502 e. The van der Waals surface area contributed by atoms with Crippen molar-refractivity contribution in [2.24, 2.45) is 0 Å². The number of hydrogen-bond acceptors (Lipinski definition) is 2. The maximum absolute atomic E-state index is 11.3. The van der Waals surface area contributed by atoms with Crippen molar-refractivity contribution in [2.45, 2.75) is 40.5 Å². The van der Waals surface area contributed by atoms with E-state index in [1.807, 2.05) is 60.3 Å². The Labute approximate surface area is 184 Å². The van der Waals surface area contributed by atoms with Crippen LogP contribution in [0.25, 0.3) is 11.5 Å². The zero-order chi connectivity index (χ0) is 21.7. The number of hydrogen-bond donors (Lipinski definition) is 2. The number of aryl methyl sites for hydroxylation is 4. The van der Waals surface area contributed by atoms with Crippen LogP contribution in [-0.2, 0) is 12.8 Å². The van der Waals surface area contributed by atoms with Gasteiger partial charge in [0, 0.05) is 23.4 Å². The fourth-order valence-corrected chi connectivity index (χ4v) is 3.80. The van der Waals surface area contributed by atoms with Gasteiger partial charge in [-0.3, -0.25) is 0 Å². The standard InChI is InChI=1S/C26H28N2OS/c1-5-20-11-10-12-21(6-2)23(20)27-26(30)24(28-15-8-7-9-16-28)25(29)22-14-13-18(3)19(4)17-22/h7-17H,5-6H2,1-4H3,(H-,27,29,30)/p+1. The van der Waals surface area contributed by atoms with Gasteiger partial charge in [0.1, 0.15) is 0 Å². The lowest BCUT2D eigenvalue weighted by Crippen LogP contribution is -2.38. The van der Waals surface area contributed by atoms with Gasteiger partial charge in [0.15, 0.2) is 23.1 Å². The smallest absolute Gasteiger partial charge is 0.288 e. The van der Waals surface area contributed by atoms with E-state index < -0.39 is 0 Å². The minimum atomic E-state index is 0.152. The van der Waals surface area contributed by atoms with Crippen LogP contribution in [0.2, 0.25) is 0 Å². The molecule has 1 aromatic heterocycles. The molecule has 0 fully saturated rings. The van der Waals surface area contributed by atoms with Gasteiger partial charge in [-0.25, -0.2) is 0 Å². The molecule has 0 saturated carbocycles. The van der Waals surface area contributed by atoms with Gasteiger partial charge >= 0.3 is 0 Å². The first-order valence-corrected chi connectivity index (χ1v) is 10.8. The van der Waals surface area contributed by atoms with E-state index in [9.17, 15) is 5.11 Å². The van der Waals surface area contributed by atoms with Crippen LogP contribution in [0.15, 0.2) is 67.0 Å². The number of rotatable bonds is 6. The second-order valence-electron chi connectivity index (χ2n) is 7.39. The molecule has 0 radical (unpaired) electrons. The number of anilines is 1. The van der Waals surface area contributed by atoms with E-state index in [1.54, 1.807) is 0 Å². The van der Waals surface area contributed by atoms with Crippen molar-refractivity contribution in [1.82, 2.24) is 0 Å². The molecule has 1 heterocycles. The molecule has 0 atom stereocenters. The number of para-hydroxylation sites is 1. The minimum absolute atomic E-state index is 0.152. The Morgan fingerprint density at radius 2 is 1.53 bits per heavy atom. The average molecular weight is 418 g/mol. The first kappa shape index (κ1) is 21.7. The van der Waals surface area contributed by atoms with Crippen LogP contribution in [0.5, 0.6) is 0 Å². The van der Waals surface area contributed by atoms with E-state index in [4.69, 9.17) is 12.2 Å². The van der Waals surface area contributed by atoms with Crippen LogP contribution in [-0.4, -0.2) is 10.1 Å². The number of aliphatic hydroxyl groups excluding tert-OH is 1. The molecule has 3 nitrogen and oxygen atoms in total. The maximum atomic E-state index is 11.3. The summed E-state index contributed by atoms with van der Waals surface area (Å²) < 4.78 is 1.86.